The van der Waals surface area contributed by atoms with Crippen LogP contribution >= 0.6 is 11.3 Å². The van der Waals surface area contributed by atoms with Gasteiger partial charge in [-0.15, -0.1) is 0 Å². The number of rotatable bonds is 0. The van der Waals surface area contributed by atoms with Crippen molar-refractivity contribution in [2.24, 2.45) is 0 Å². The van der Waals surface area contributed by atoms with Gasteiger partial charge in [-0.25, -0.2) is 4.85 Å². The van der Waals surface area contributed by atoms with E-state index in [2.05, 4.69) is 4.85 Å². The Morgan fingerprint density at radius 1 is 1.67 bits per heavy atom. The molecule has 0 amide bonds. The average molecular weight is 134 g/mol. The summed E-state index contributed by atoms with van der Waals surface area (Å²) in [6, 6.07) is 1.92. The first-order valence-corrected chi connectivity index (χ1v) is 3.16. The van der Waals surface area contributed by atoms with E-state index in [1.54, 1.807) is 10.8 Å². The zero-order valence-electron chi connectivity index (χ0n) is 4.46. The molecule has 42 valence electrons. The van der Waals surface area contributed by atoms with Gasteiger partial charge in [0.15, 0.2) is 0 Å². The fourth-order valence-electron chi connectivity index (χ4n) is 0.461. The largest absolute Gasteiger partial charge is 0.236 e. The van der Waals surface area contributed by atoms with Gasteiger partial charge in [0.1, 0.15) is 0 Å². The van der Waals surface area contributed by atoms with Gasteiger partial charge in [-0.1, -0.05) is 0 Å². The fraction of sp³-hybridized carbons (Fsp3) is 0. The Balaban J connectivity index is 3.22. The highest BCUT2D eigenvalue weighted by Gasteiger charge is 1.98. The second-order valence-electron chi connectivity index (χ2n) is 1.39. The standard InChI is InChI=1S/C6H2N2S/c1-8-6-4-9-3-5(6)2-7/h3-4H. The van der Waals surface area contributed by atoms with Crippen LogP contribution in [-0.4, -0.2) is 0 Å². The zero-order valence-corrected chi connectivity index (χ0v) is 5.27. The number of nitrogens with zero attached hydrogens (tertiary/aromatic N) is 2. The Morgan fingerprint density at radius 3 is 2.89 bits per heavy atom. The zero-order chi connectivity index (χ0) is 6.69. The molecule has 0 aliphatic heterocycles. The highest BCUT2D eigenvalue weighted by Crippen LogP contribution is 2.22. The van der Waals surface area contributed by atoms with Gasteiger partial charge in [0.2, 0.25) is 5.69 Å². The second kappa shape index (κ2) is 2.30. The maximum absolute atomic E-state index is 8.35. The average Bonchev–Trinajstić information content (AvgIpc) is 2.33. The normalized spacial score (nSPS) is 7.78. The van der Waals surface area contributed by atoms with Crippen LogP contribution < -0.4 is 0 Å². The van der Waals surface area contributed by atoms with Gasteiger partial charge < -0.3 is 0 Å². The molecule has 0 unspecified atom stereocenters. The van der Waals surface area contributed by atoms with Crippen LogP contribution in [0.15, 0.2) is 10.8 Å². The first-order chi connectivity index (χ1) is 4.38. The van der Waals surface area contributed by atoms with Crippen molar-refractivity contribution in [2.75, 3.05) is 0 Å². The molecule has 0 N–H and O–H groups in total. The highest BCUT2D eigenvalue weighted by atomic mass is 32.1. The molecule has 1 heterocycles. The minimum Gasteiger partial charge on any atom is -0.236 e. The molecule has 0 bridgehead atoms. The summed E-state index contributed by atoms with van der Waals surface area (Å²) >= 11 is 1.38. The van der Waals surface area contributed by atoms with Gasteiger partial charge in [0, 0.05) is 0 Å². The maximum Gasteiger partial charge on any atom is 0.215 e. The smallest absolute Gasteiger partial charge is 0.215 e. The minimum atomic E-state index is 0.461. The minimum absolute atomic E-state index is 0.461. The van der Waals surface area contributed by atoms with Gasteiger partial charge in [-0.05, 0) is 10.8 Å². The number of hydrogen-bond donors (Lipinski definition) is 0. The van der Waals surface area contributed by atoms with Crippen molar-refractivity contribution >= 4 is 17.0 Å². The van der Waals surface area contributed by atoms with Crippen molar-refractivity contribution in [1.29, 1.82) is 5.26 Å². The quantitative estimate of drug-likeness (QED) is 0.500. The van der Waals surface area contributed by atoms with E-state index >= 15 is 0 Å². The Kier molecular flexibility index (Phi) is 1.48. The molecule has 2 nitrogen and oxygen atoms in total. The predicted molar refractivity (Wildman–Crippen MR) is 35.3 cm³/mol. The topological polar surface area (TPSA) is 28.1 Å². The van der Waals surface area contributed by atoms with Gasteiger partial charge in [0.25, 0.3) is 0 Å². The van der Waals surface area contributed by atoms with Crippen molar-refractivity contribution in [1.82, 2.24) is 0 Å². The molecule has 9 heavy (non-hydrogen) atoms. The van der Waals surface area contributed by atoms with Crippen LogP contribution in [0.1, 0.15) is 5.56 Å². The summed E-state index contributed by atoms with van der Waals surface area (Å²) in [4.78, 5) is 3.14. The summed E-state index contributed by atoms with van der Waals surface area (Å²) in [5.41, 5.74) is 0.942. The predicted octanol–water partition coefficient (Wildman–Crippen LogP) is 2.17. The van der Waals surface area contributed by atoms with E-state index in [-0.39, 0.29) is 0 Å². The molecular formula is C6H2N2S. The molecule has 1 aromatic heterocycles. The van der Waals surface area contributed by atoms with E-state index in [9.17, 15) is 0 Å². The second-order valence-corrected chi connectivity index (χ2v) is 2.14. The van der Waals surface area contributed by atoms with Crippen molar-refractivity contribution < 1.29 is 0 Å². The van der Waals surface area contributed by atoms with Crippen molar-refractivity contribution in [3.8, 4) is 6.07 Å². The first kappa shape index (κ1) is 5.81. The summed E-state index contributed by atoms with van der Waals surface area (Å²) in [6.45, 7) is 6.59. The molecular weight excluding hydrogens is 132 g/mol. The van der Waals surface area contributed by atoms with Crippen LogP contribution in [-0.2, 0) is 0 Å². The summed E-state index contributed by atoms with van der Waals surface area (Å²) in [7, 11) is 0. The molecule has 0 aliphatic carbocycles. The Labute approximate surface area is 56.8 Å². The van der Waals surface area contributed by atoms with E-state index in [0.717, 1.165) is 0 Å². The lowest BCUT2D eigenvalue weighted by Crippen LogP contribution is -1.59. The summed E-state index contributed by atoms with van der Waals surface area (Å²) in [6.07, 6.45) is 0. The number of nitriles is 1. The van der Waals surface area contributed by atoms with Crippen LogP contribution in [0, 0.1) is 17.9 Å². The van der Waals surface area contributed by atoms with Crippen molar-refractivity contribution in [2.45, 2.75) is 0 Å². The van der Waals surface area contributed by atoms with E-state index in [1.807, 2.05) is 6.07 Å². The molecule has 1 rings (SSSR count). The molecule has 0 spiro atoms. The lowest BCUT2D eigenvalue weighted by Gasteiger charge is -1.74. The van der Waals surface area contributed by atoms with Crippen LogP contribution in [0.25, 0.3) is 4.85 Å². The van der Waals surface area contributed by atoms with E-state index in [0.29, 0.717) is 11.3 Å². The molecule has 0 aliphatic rings. The van der Waals surface area contributed by atoms with Crippen molar-refractivity contribution in [3.63, 3.8) is 0 Å². The first-order valence-electron chi connectivity index (χ1n) is 2.22. The third kappa shape index (κ3) is 0.910. The van der Waals surface area contributed by atoms with Gasteiger partial charge in [-0.3, -0.25) is 0 Å². The monoisotopic (exact) mass is 134 g/mol. The van der Waals surface area contributed by atoms with Gasteiger partial charge >= 0.3 is 0 Å². The Hall–Kier alpha value is -1.32. The number of thiophene rings is 1. The lowest BCUT2D eigenvalue weighted by atomic mass is 10.3. The van der Waals surface area contributed by atoms with Gasteiger partial charge in [-0.2, -0.15) is 16.6 Å². The van der Waals surface area contributed by atoms with E-state index in [4.69, 9.17) is 11.8 Å². The molecule has 0 aromatic carbocycles. The van der Waals surface area contributed by atoms with Gasteiger partial charge in [0.05, 0.1) is 18.2 Å². The molecule has 0 fully saturated rings. The SMILES string of the molecule is [C-]#[N+]c1cscc1C#N. The van der Waals surface area contributed by atoms with Crippen LogP contribution in [0.5, 0.6) is 0 Å². The third-order valence-corrected chi connectivity index (χ3v) is 1.61. The van der Waals surface area contributed by atoms with Crippen LogP contribution in [0.3, 0.4) is 0 Å². The van der Waals surface area contributed by atoms with Crippen LogP contribution in [0.4, 0.5) is 5.69 Å². The summed E-state index contributed by atoms with van der Waals surface area (Å²) in [5, 5.41) is 11.7. The molecule has 0 saturated heterocycles. The van der Waals surface area contributed by atoms with E-state index < -0.39 is 0 Å². The summed E-state index contributed by atoms with van der Waals surface area (Å²) in [5.74, 6) is 0. The third-order valence-electron chi connectivity index (χ3n) is 0.882. The highest BCUT2D eigenvalue weighted by molar-refractivity contribution is 7.08. The van der Waals surface area contributed by atoms with Crippen LogP contribution in [0.2, 0.25) is 0 Å². The molecule has 0 saturated carbocycles. The Morgan fingerprint density at radius 2 is 2.44 bits per heavy atom. The molecule has 1 aromatic rings. The Bertz CT molecular complexity index is 258. The number of hydrogen-bond acceptors (Lipinski definition) is 2. The van der Waals surface area contributed by atoms with Crippen molar-refractivity contribution in [3.05, 3.63) is 27.7 Å². The molecule has 3 heteroatoms. The maximum atomic E-state index is 8.35. The fourth-order valence-corrected chi connectivity index (χ4v) is 1.15. The summed E-state index contributed by atoms with van der Waals surface area (Å²) < 4.78 is 0. The molecule has 0 atom stereocenters. The lowest BCUT2D eigenvalue weighted by molar-refractivity contribution is 1.51. The van der Waals surface area contributed by atoms with E-state index in [1.165, 1.54) is 11.3 Å². The molecule has 0 radical (unpaired) electrons.